The van der Waals surface area contributed by atoms with Gasteiger partial charge in [-0.25, -0.2) is 0 Å². The van der Waals surface area contributed by atoms with Crippen molar-refractivity contribution in [1.29, 1.82) is 0 Å². The van der Waals surface area contributed by atoms with E-state index in [9.17, 15) is 9.59 Å². The molecule has 0 saturated heterocycles. The van der Waals surface area contributed by atoms with Crippen LogP contribution in [0.2, 0.25) is 0 Å². The molecule has 1 N–H and O–H groups in total. The van der Waals surface area contributed by atoms with Crippen molar-refractivity contribution in [3.05, 3.63) is 64.1 Å². The Kier molecular flexibility index (Phi) is 8.74. The van der Waals surface area contributed by atoms with Gasteiger partial charge in [-0.05, 0) is 61.1 Å². The molecule has 32 heavy (non-hydrogen) atoms. The second-order valence-corrected chi connectivity index (χ2v) is 9.74. The zero-order valence-electron chi connectivity index (χ0n) is 19.1. The number of carbonyl (C=O) groups excluding carboxylic acids is 2. The Morgan fingerprint density at radius 1 is 1.03 bits per heavy atom. The van der Waals surface area contributed by atoms with Crippen LogP contribution in [0.1, 0.15) is 63.5 Å². The first kappa shape index (κ1) is 24.3. The van der Waals surface area contributed by atoms with Crippen molar-refractivity contribution in [1.82, 2.24) is 10.2 Å². The highest BCUT2D eigenvalue weighted by molar-refractivity contribution is 9.10. The van der Waals surface area contributed by atoms with E-state index < -0.39 is 6.04 Å². The molecule has 1 fully saturated rings. The molecule has 0 radical (unpaired) electrons. The van der Waals surface area contributed by atoms with Crippen LogP contribution in [0.25, 0.3) is 0 Å². The normalized spacial score (nSPS) is 14.9. The first-order chi connectivity index (χ1) is 15.3. The van der Waals surface area contributed by atoms with Gasteiger partial charge >= 0.3 is 0 Å². The average molecular weight is 501 g/mol. The van der Waals surface area contributed by atoms with Gasteiger partial charge in [0.05, 0.1) is 0 Å². The van der Waals surface area contributed by atoms with E-state index in [0.717, 1.165) is 35.7 Å². The summed E-state index contributed by atoms with van der Waals surface area (Å²) in [4.78, 5) is 27.7. The minimum Gasteiger partial charge on any atom is -0.484 e. The average Bonchev–Trinajstić information content (AvgIpc) is 3.30. The highest BCUT2D eigenvalue weighted by Crippen LogP contribution is 2.20. The van der Waals surface area contributed by atoms with Gasteiger partial charge in [0.1, 0.15) is 11.8 Å². The lowest BCUT2D eigenvalue weighted by Gasteiger charge is -2.29. The van der Waals surface area contributed by atoms with Crippen LogP contribution in [-0.2, 0) is 16.1 Å². The monoisotopic (exact) mass is 500 g/mol. The van der Waals surface area contributed by atoms with E-state index in [1.165, 1.54) is 5.56 Å². The summed E-state index contributed by atoms with van der Waals surface area (Å²) in [5, 5.41) is 3.12. The van der Waals surface area contributed by atoms with E-state index in [2.05, 4.69) is 35.1 Å². The maximum Gasteiger partial charge on any atom is 0.261 e. The summed E-state index contributed by atoms with van der Waals surface area (Å²) in [6.45, 7) is 6.30. The van der Waals surface area contributed by atoms with E-state index in [0.29, 0.717) is 18.2 Å². The number of halogens is 1. The third-order valence-corrected chi connectivity index (χ3v) is 6.57. The lowest BCUT2D eigenvalue weighted by molar-refractivity contribution is -0.142. The number of nitrogens with one attached hydrogen (secondary N) is 1. The lowest BCUT2D eigenvalue weighted by Crippen LogP contribution is -2.50. The molecule has 1 aliphatic carbocycles. The number of hydrogen-bond donors (Lipinski definition) is 1. The summed E-state index contributed by atoms with van der Waals surface area (Å²) in [6.07, 6.45) is 4.30. The van der Waals surface area contributed by atoms with Crippen molar-refractivity contribution < 1.29 is 14.3 Å². The second kappa shape index (κ2) is 11.5. The summed E-state index contributed by atoms with van der Waals surface area (Å²) in [5.74, 6) is 0.763. The quantitative estimate of drug-likeness (QED) is 0.499. The molecule has 1 saturated carbocycles. The molecule has 2 aromatic rings. The Labute approximate surface area is 199 Å². The molecule has 0 spiro atoms. The Morgan fingerprint density at radius 2 is 1.66 bits per heavy atom. The molecule has 1 atom stereocenters. The summed E-state index contributed by atoms with van der Waals surface area (Å²) < 4.78 is 6.74. The van der Waals surface area contributed by atoms with E-state index >= 15 is 0 Å². The van der Waals surface area contributed by atoms with Crippen molar-refractivity contribution in [2.24, 2.45) is 0 Å². The fourth-order valence-electron chi connectivity index (χ4n) is 3.94. The lowest BCUT2D eigenvalue weighted by atomic mass is 10.0. The fourth-order valence-corrected chi connectivity index (χ4v) is 4.20. The Morgan fingerprint density at radius 3 is 2.25 bits per heavy atom. The highest BCUT2D eigenvalue weighted by atomic mass is 79.9. The number of rotatable bonds is 9. The Bertz CT molecular complexity index is 890. The highest BCUT2D eigenvalue weighted by Gasteiger charge is 2.28. The number of amides is 2. The van der Waals surface area contributed by atoms with E-state index in [4.69, 9.17) is 4.74 Å². The molecule has 2 amide bonds. The SMILES string of the molecule is CC(C)c1ccc(OCC(=O)N(Cc2ccc(Br)cc2)[C@@H](C)C(=O)NC2CCCC2)cc1. The fraction of sp³-hybridized carbons (Fsp3) is 0.462. The number of carbonyl (C=O) groups is 2. The van der Waals surface area contributed by atoms with Crippen LogP contribution in [0.15, 0.2) is 53.0 Å². The van der Waals surface area contributed by atoms with Gasteiger partial charge in [-0.1, -0.05) is 66.9 Å². The third kappa shape index (κ3) is 6.83. The molecular formula is C26H33BrN2O3. The van der Waals surface area contributed by atoms with Crippen molar-refractivity contribution in [2.45, 2.75) is 71.0 Å². The van der Waals surface area contributed by atoms with Crippen LogP contribution in [0.4, 0.5) is 0 Å². The van der Waals surface area contributed by atoms with Gasteiger partial charge in [0.2, 0.25) is 5.91 Å². The van der Waals surface area contributed by atoms with Gasteiger partial charge in [0, 0.05) is 17.1 Å². The molecule has 0 aliphatic heterocycles. The molecular weight excluding hydrogens is 468 g/mol. The van der Waals surface area contributed by atoms with E-state index in [-0.39, 0.29) is 24.5 Å². The van der Waals surface area contributed by atoms with Crippen LogP contribution in [0.3, 0.4) is 0 Å². The first-order valence-electron chi connectivity index (χ1n) is 11.4. The largest absolute Gasteiger partial charge is 0.484 e. The molecule has 0 bridgehead atoms. The predicted molar refractivity (Wildman–Crippen MR) is 131 cm³/mol. The number of ether oxygens (including phenoxy) is 1. The molecule has 172 valence electrons. The minimum absolute atomic E-state index is 0.108. The number of benzene rings is 2. The van der Waals surface area contributed by atoms with E-state index in [1.54, 1.807) is 11.8 Å². The molecule has 6 heteroatoms. The standard InChI is InChI=1S/C26H33BrN2O3/c1-18(2)21-10-14-24(15-11-21)32-17-25(30)29(16-20-8-12-22(27)13-9-20)19(3)26(31)28-23-6-4-5-7-23/h8-15,18-19,23H,4-7,16-17H2,1-3H3,(H,28,31)/t19-/m0/s1. The second-order valence-electron chi connectivity index (χ2n) is 8.83. The summed E-state index contributed by atoms with van der Waals surface area (Å²) in [6, 6.07) is 15.2. The van der Waals surface area contributed by atoms with Crippen molar-refractivity contribution >= 4 is 27.7 Å². The molecule has 0 unspecified atom stereocenters. The smallest absolute Gasteiger partial charge is 0.261 e. The molecule has 0 heterocycles. The van der Waals surface area contributed by atoms with Gasteiger partial charge in [-0.2, -0.15) is 0 Å². The third-order valence-electron chi connectivity index (χ3n) is 6.04. The molecule has 3 rings (SSSR count). The van der Waals surface area contributed by atoms with Gasteiger partial charge in [-0.15, -0.1) is 0 Å². The van der Waals surface area contributed by atoms with Crippen molar-refractivity contribution in [2.75, 3.05) is 6.61 Å². The molecule has 0 aromatic heterocycles. The van der Waals surface area contributed by atoms with Crippen molar-refractivity contribution in [3.8, 4) is 5.75 Å². The molecule has 1 aliphatic rings. The minimum atomic E-state index is -0.585. The van der Waals surface area contributed by atoms with Crippen LogP contribution in [0, 0.1) is 0 Å². The Balaban J connectivity index is 1.68. The van der Waals surface area contributed by atoms with Crippen molar-refractivity contribution in [3.63, 3.8) is 0 Å². The van der Waals surface area contributed by atoms with Crippen LogP contribution in [0.5, 0.6) is 5.75 Å². The van der Waals surface area contributed by atoms with Crippen LogP contribution in [-0.4, -0.2) is 35.4 Å². The predicted octanol–water partition coefficient (Wildman–Crippen LogP) is 5.43. The maximum absolute atomic E-state index is 13.2. The summed E-state index contributed by atoms with van der Waals surface area (Å²) in [5.41, 5.74) is 2.18. The number of hydrogen-bond acceptors (Lipinski definition) is 3. The zero-order chi connectivity index (χ0) is 23.1. The summed E-state index contributed by atoms with van der Waals surface area (Å²) in [7, 11) is 0. The number of nitrogens with zero attached hydrogens (tertiary/aromatic N) is 1. The van der Waals surface area contributed by atoms with Gasteiger partial charge in [-0.3, -0.25) is 9.59 Å². The molecule has 5 nitrogen and oxygen atoms in total. The summed E-state index contributed by atoms with van der Waals surface area (Å²) >= 11 is 3.44. The first-order valence-corrected chi connectivity index (χ1v) is 12.2. The maximum atomic E-state index is 13.2. The van der Waals surface area contributed by atoms with Gasteiger partial charge in [0.25, 0.3) is 5.91 Å². The molecule has 2 aromatic carbocycles. The van der Waals surface area contributed by atoms with Gasteiger partial charge < -0.3 is 15.0 Å². The van der Waals surface area contributed by atoms with E-state index in [1.807, 2.05) is 48.5 Å². The Hall–Kier alpha value is -2.34. The topological polar surface area (TPSA) is 58.6 Å². The zero-order valence-corrected chi connectivity index (χ0v) is 20.7. The van der Waals surface area contributed by atoms with Gasteiger partial charge in [0.15, 0.2) is 6.61 Å². The van der Waals surface area contributed by atoms with Crippen LogP contribution >= 0.6 is 15.9 Å². The van der Waals surface area contributed by atoms with Crippen LogP contribution < -0.4 is 10.1 Å².